The number of nitrogens with one attached hydrogen (secondary N) is 1. The summed E-state index contributed by atoms with van der Waals surface area (Å²) in [5.41, 5.74) is 6.17. The number of anilines is 2. The van der Waals surface area contributed by atoms with E-state index in [0.29, 0.717) is 24.1 Å². The second-order valence-electron chi connectivity index (χ2n) is 7.91. The molecular weight excluding hydrogens is 439 g/mol. The number of carbonyl (C=O) groups excluding carboxylic acids is 2. The van der Waals surface area contributed by atoms with Gasteiger partial charge in [0.25, 0.3) is 0 Å². The van der Waals surface area contributed by atoms with Crippen molar-refractivity contribution in [2.24, 2.45) is 5.92 Å². The molecule has 1 aliphatic rings. The Balaban J connectivity index is 1.82. The predicted octanol–water partition coefficient (Wildman–Crippen LogP) is 3.03. The van der Waals surface area contributed by atoms with Crippen LogP contribution in [0.15, 0.2) is 30.6 Å². The first kappa shape index (κ1) is 24.4. The molecule has 178 valence electrons. The maximum atomic E-state index is 13.2. The number of amides is 2. The smallest absolute Gasteiger partial charge is 0.383 e. The number of nitrogens with two attached hydrogens (primary N) is 1. The van der Waals surface area contributed by atoms with E-state index in [1.807, 2.05) is 6.92 Å². The van der Waals surface area contributed by atoms with Gasteiger partial charge < -0.3 is 20.7 Å². The first-order valence-electron chi connectivity index (χ1n) is 10.5. The molecule has 3 rings (SSSR count). The van der Waals surface area contributed by atoms with Crippen LogP contribution in [0.1, 0.15) is 36.6 Å². The van der Waals surface area contributed by atoms with Gasteiger partial charge in [0, 0.05) is 13.3 Å². The van der Waals surface area contributed by atoms with Crippen molar-refractivity contribution in [1.29, 1.82) is 0 Å². The van der Waals surface area contributed by atoms with Crippen molar-refractivity contribution < 1.29 is 27.5 Å². The number of rotatable bonds is 8. The summed E-state index contributed by atoms with van der Waals surface area (Å²) in [6, 6.07) is 3.34. The number of aryl methyl sites for hydroxylation is 1. The quantitative estimate of drug-likeness (QED) is 0.580. The van der Waals surface area contributed by atoms with Crippen molar-refractivity contribution in [3.8, 4) is 0 Å². The number of hydrogen-bond acceptors (Lipinski definition) is 6. The number of aromatic nitrogens is 2. The minimum absolute atomic E-state index is 0.130. The fraction of sp³-hybridized carbons (Fsp3) is 0.455. The topological polar surface area (TPSA) is 110 Å². The third kappa shape index (κ3) is 6.19. The van der Waals surface area contributed by atoms with Crippen LogP contribution in [-0.4, -0.2) is 46.4 Å². The van der Waals surface area contributed by atoms with Crippen LogP contribution < -0.4 is 11.1 Å². The van der Waals surface area contributed by atoms with Gasteiger partial charge in [-0.3, -0.25) is 14.6 Å². The van der Waals surface area contributed by atoms with Gasteiger partial charge in [-0.15, -0.1) is 0 Å². The van der Waals surface area contributed by atoms with Crippen LogP contribution in [0.25, 0.3) is 0 Å². The molecule has 2 aromatic heterocycles. The Labute approximate surface area is 189 Å². The number of hydrogen-bond donors (Lipinski definition) is 2. The van der Waals surface area contributed by atoms with Crippen molar-refractivity contribution in [2.45, 2.75) is 44.9 Å². The zero-order valence-corrected chi connectivity index (χ0v) is 18.4. The average Bonchev–Trinajstić information content (AvgIpc) is 3.62. The molecule has 2 aromatic rings. The Hall–Kier alpha value is -3.21. The lowest BCUT2D eigenvalue weighted by Gasteiger charge is -2.31. The summed E-state index contributed by atoms with van der Waals surface area (Å²) in [6.45, 7) is 1.94. The summed E-state index contributed by atoms with van der Waals surface area (Å²) in [5.74, 6) is -1.25. The molecule has 3 N–H and O–H groups in total. The van der Waals surface area contributed by atoms with E-state index in [-0.39, 0.29) is 24.8 Å². The molecule has 1 saturated carbocycles. The molecule has 11 heteroatoms. The van der Waals surface area contributed by atoms with Gasteiger partial charge in [0.1, 0.15) is 5.82 Å². The Morgan fingerprint density at radius 1 is 1.27 bits per heavy atom. The van der Waals surface area contributed by atoms with Gasteiger partial charge in [0.05, 0.1) is 42.3 Å². The molecule has 0 aliphatic heterocycles. The second-order valence-corrected chi connectivity index (χ2v) is 7.91. The van der Waals surface area contributed by atoms with Gasteiger partial charge in [-0.05, 0) is 48.9 Å². The molecule has 0 saturated heterocycles. The van der Waals surface area contributed by atoms with Crippen molar-refractivity contribution in [2.75, 3.05) is 24.8 Å². The number of alkyl halides is 3. The summed E-state index contributed by atoms with van der Waals surface area (Å²) in [5, 5.41) is 2.54. The van der Waals surface area contributed by atoms with Crippen molar-refractivity contribution in [3.63, 3.8) is 0 Å². The molecule has 1 unspecified atom stereocenters. The molecule has 8 nitrogen and oxygen atoms in total. The summed E-state index contributed by atoms with van der Waals surface area (Å²) >= 11 is 0. The Bertz CT molecular complexity index is 994. The van der Waals surface area contributed by atoms with Crippen LogP contribution in [0.3, 0.4) is 0 Å². The van der Waals surface area contributed by atoms with Gasteiger partial charge in [-0.2, -0.15) is 13.2 Å². The first-order valence-corrected chi connectivity index (χ1v) is 10.5. The Kier molecular flexibility index (Phi) is 7.52. The maximum Gasteiger partial charge on any atom is 0.417 e. The van der Waals surface area contributed by atoms with E-state index < -0.39 is 29.6 Å². The highest BCUT2D eigenvalue weighted by molar-refractivity contribution is 6.39. The van der Waals surface area contributed by atoms with Crippen LogP contribution >= 0.6 is 0 Å². The molecular formula is C22H26F3N5O3. The number of carbonyl (C=O) groups is 2. The van der Waals surface area contributed by atoms with Gasteiger partial charge in [-0.1, -0.05) is 6.92 Å². The van der Waals surface area contributed by atoms with E-state index in [4.69, 9.17) is 10.5 Å². The van der Waals surface area contributed by atoms with E-state index in [9.17, 15) is 22.8 Å². The molecule has 1 atom stereocenters. The number of nitrogen functional groups attached to an aromatic ring is 1. The van der Waals surface area contributed by atoms with E-state index in [0.717, 1.165) is 24.5 Å². The van der Waals surface area contributed by atoms with E-state index >= 15 is 0 Å². The first-order chi connectivity index (χ1) is 15.6. The van der Waals surface area contributed by atoms with Crippen molar-refractivity contribution >= 4 is 23.3 Å². The predicted molar refractivity (Wildman–Crippen MR) is 115 cm³/mol. The Morgan fingerprint density at radius 2 is 2.00 bits per heavy atom. The second kappa shape index (κ2) is 10.2. The highest BCUT2D eigenvalue weighted by atomic mass is 19.4. The molecule has 1 aliphatic carbocycles. The lowest BCUT2D eigenvalue weighted by Crippen LogP contribution is -2.48. The summed E-state index contributed by atoms with van der Waals surface area (Å²) in [6.07, 6.45) is -0.122. The number of ether oxygens (including phenoxy) is 1. The summed E-state index contributed by atoms with van der Waals surface area (Å²) in [4.78, 5) is 35.1. The van der Waals surface area contributed by atoms with Gasteiger partial charge in [0.2, 0.25) is 0 Å². The van der Waals surface area contributed by atoms with Gasteiger partial charge >= 0.3 is 18.0 Å². The lowest BCUT2D eigenvalue weighted by atomic mass is 10.1. The van der Waals surface area contributed by atoms with E-state index in [1.54, 1.807) is 6.07 Å². The van der Waals surface area contributed by atoms with E-state index in [1.165, 1.54) is 24.3 Å². The van der Waals surface area contributed by atoms with Gasteiger partial charge in [0.15, 0.2) is 0 Å². The summed E-state index contributed by atoms with van der Waals surface area (Å²) < 4.78 is 43.8. The van der Waals surface area contributed by atoms with Crippen molar-refractivity contribution in [1.82, 2.24) is 14.9 Å². The minimum Gasteiger partial charge on any atom is -0.383 e. The normalized spacial score (nSPS) is 14.6. The lowest BCUT2D eigenvalue weighted by molar-refractivity contribution is -0.146. The van der Waals surface area contributed by atoms with Crippen LogP contribution in [0.4, 0.5) is 24.7 Å². The van der Waals surface area contributed by atoms with Crippen molar-refractivity contribution in [3.05, 3.63) is 47.4 Å². The van der Waals surface area contributed by atoms with Crippen LogP contribution in [0.2, 0.25) is 0 Å². The molecule has 2 heterocycles. The van der Waals surface area contributed by atoms with Crippen LogP contribution in [0, 0.1) is 5.92 Å². The third-order valence-corrected chi connectivity index (χ3v) is 5.48. The average molecular weight is 465 g/mol. The zero-order valence-electron chi connectivity index (χ0n) is 18.4. The fourth-order valence-corrected chi connectivity index (χ4v) is 3.52. The highest BCUT2D eigenvalue weighted by Gasteiger charge is 2.39. The zero-order chi connectivity index (χ0) is 24.2. The number of halogens is 3. The van der Waals surface area contributed by atoms with E-state index in [2.05, 4.69) is 15.3 Å². The molecule has 0 bridgehead atoms. The molecule has 1 fully saturated rings. The third-order valence-electron chi connectivity index (χ3n) is 5.48. The largest absolute Gasteiger partial charge is 0.417 e. The summed E-state index contributed by atoms with van der Waals surface area (Å²) in [7, 11) is 1.49. The Morgan fingerprint density at radius 3 is 2.55 bits per heavy atom. The molecule has 2 amide bonds. The van der Waals surface area contributed by atoms with Crippen LogP contribution in [-0.2, 0) is 33.5 Å². The number of methoxy groups -OCH3 is 1. The minimum atomic E-state index is -4.52. The molecule has 33 heavy (non-hydrogen) atoms. The SMILES string of the molecule is CCc1cc(NC(=O)C(=O)N(Cc2ccc(C(F)(F)F)cn2)C(COC)C2CC2)cnc1N. The number of nitrogens with zero attached hydrogens (tertiary/aromatic N) is 3. The number of pyridine rings is 2. The monoisotopic (exact) mass is 465 g/mol. The molecule has 0 radical (unpaired) electrons. The molecule has 0 aromatic carbocycles. The maximum absolute atomic E-state index is 13.2. The highest BCUT2D eigenvalue weighted by Crippen LogP contribution is 2.36. The van der Waals surface area contributed by atoms with Gasteiger partial charge in [-0.25, -0.2) is 4.98 Å². The van der Waals surface area contributed by atoms with Crippen LogP contribution in [0.5, 0.6) is 0 Å². The molecule has 0 spiro atoms. The fourth-order valence-electron chi connectivity index (χ4n) is 3.52. The standard InChI is InChI=1S/C22H26F3N5O3/c1-3-13-8-17(10-28-19(13)26)29-20(31)21(32)30(18(12-33-2)14-4-5-14)11-16-7-6-15(9-27-16)22(23,24)25/h6-10,14,18H,3-5,11-12H2,1-2H3,(H2,26,28)(H,29,31).